The van der Waals surface area contributed by atoms with Crippen LogP contribution in [0.5, 0.6) is 0 Å². The fourth-order valence-electron chi connectivity index (χ4n) is 1.37. The predicted octanol–water partition coefficient (Wildman–Crippen LogP) is -0.280. The van der Waals surface area contributed by atoms with E-state index in [0.717, 1.165) is 12.8 Å². The van der Waals surface area contributed by atoms with E-state index < -0.39 is 0 Å². The van der Waals surface area contributed by atoms with E-state index in [1.54, 1.807) is 0 Å². The van der Waals surface area contributed by atoms with E-state index in [2.05, 4.69) is 5.43 Å². The lowest BCUT2D eigenvalue weighted by molar-refractivity contribution is 0.332. The lowest BCUT2D eigenvalue weighted by Crippen LogP contribution is -2.49. The second-order valence-corrected chi connectivity index (χ2v) is 2.72. The first kappa shape index (κ1) is 6.99. The van der Waals surface area contributed by atoms with Crippen molar-refractivity contribution in [3.05, 3.63) is 0 Å². The van der Waals surface area contributed by atoms with Gasteiger partial charge in [-0.05, 0) is 12.8 Å². The molecule has 0 aromatic carbocycles. The first-order valence-electron chi connectivity index (χ1n) is 3.56. The van der Waals surface area contributed by atoms with E-state index in [1.807, 2.05) is 0 Å². The molecule has 0 aromatic heterocycles. The summed E-state index contributed by atoms with van der Waals surface area (Å²) in [6.07, 6.45) is 4.79. The van der Waals surface area contributed by atoms with Gasteiger partial charge in [-0.1, -0.05) is 12.8 Å². The zero-order valence-electron chi connectivity index (χ0n) is 5.64. The maximum absolute atomic E-state index is 5.75. The largest absolute Gasteiger partial charge is 0.326 e. The van der Waals surface area contributed by atoms with Gasteiger partial charge >= 0.3 is 0 Å². The van der Waals surface area contributed by atoms with Crippen molar-refractivity contribution in [1.29, 1.82) is 0 Å². The first-order valence-corrected chi connectivity index (χ1v) is 3.56. The van der Waals surface area contributed by atoms with E-state index in [1.165, 1.54) is 12.8 Å². The van der Waals surface area contributed by atoms with Crippen LogP contribution in [0.1, 0.15) is 25.7 Å². The number of hydrazine groups is 1. The summed E-state index contributed by atoms with van der Waals surface area (Å²) in [5.41, 5.74) is 8.48. The Morgan fingerprint density at radius 1 is 1.22 bits per heavy atom. The Balaban J connectivity index is 2.30. The highest BCUT2D eigenvalue weighted by Gasteiger charge is 2.19. The molecule has 3 heteroatoms. The van der Waals surface area contributed by atoms with Crippen molar-refractivity contribution in [2.75, 3.05) is 0 Å². The predicted molar refractivity (Wildman–Crippen MR) is 37.6 cm³/mol. The summed E-state index contributed by atoms with van der Waals surface area (Å²) < 4.78 is 0. The molecule has 2 atom stereocenters. The number of nitrogens with one attached hydrogen (secondary N) is 1. The summed E-state index contributed by atoms with van der Waals surface area (Å²) in [6, 6.07) is 0.641. The van der Waals surface area contributed by atoms with Crippen LogP contribution in [0.25, 0.3) is 0 Å². The zero-order valence-corrected chi connectivity index (χ0v) is 5.64. The number of rotatable bonds is 1. The molecule has 1 saturated carbocycles. The van der Waals surface area contributed by atoms with Crippen molar-refractivity contribution < 1.29 is 0 Å². The van der Waals surface area contributed by atoms with Crippen molar-refractivity contribution in [2.24, 2.45) is 11.6 Å². The van der Waals surface area contributed by atoms with Crippen LogP contribution < -0.4 is 17.0 Å². The van der Waals surface area contributed by atoms with E-state index in [0.29, 0.717) is 6.04 Å². The minimum atomic E-state index is 0.281. The average Bonchev–Trinajstić information content (AvgIpc) is 1.89. The quantitative estimate of drug-likeness (QED) is 0.337. The molecule has 5 N–H and O–H groups in total. The molecule has 1 rings (SSSR count). The molecule has 0 radical (unpaired) electrons. The second-order valence-electron chi connectivity index (χ2n) is 2.72. The third-order valence-corrected chi connectivity index (χ3v) is 2.03. The molecule has 0 heterocycles. The normalized spacial score (nSPS) is 36.7. The molecule has 1 aliphatic rings. The monoisotopic (exact) mass is 129 g/mol. The van der Waals surface area contributed by atoms with Gasteiger partial charge in [0, 0.05) is 12.1 Å². The van der Waals surface area contributed by atoms with Crippen molar-refractivity contribution in [3.63, 3.8) is 0 Å². The van der Waals surface area contributed by atoms with E-state index >= 15 is 0 Å². The van der Waals surface area contributed by atoms with Gasteiger partial charge in [0.1, 0.15) is 0 Å². The van der Waals surface area contributed by atoms with Gasteiger partial charge in [-0.2, -0.15) is 0 Å². The lowest BCUT2D eigenvalue weighted by Gasteiger charge is -2.27. The summed E-state index contributed by atoms with van der Waals surface area (Å²) in [4.78, 5) is 0. The molecule has 0 aliphatic heterocycles. The molecule has 0 aromatic rings. The van der Waals surface area contributed by atoms with Crippen LogP contribution >= 0.6 is 0 Å². The van der Waals surface area contributed by atoms with Crippen molar-refractivity contribution >= 4 is 0 Å². The minimum Gasteiger partial charge on any atom is -0.326 e. The summed E-state index contributed by atoms with van der Waals surface area (Å²) >= 11 is 0. The minimum absolute atomic E-state index is 0.281. The fraction of sp³-hybridized carbons (Fsp3) is 1.00. The van der Waals surface area contributed by atoms with Gasteiger partial charge < -0.3 is 5.73 Å². The molecule has 0 bridgehead atoms. The van der Waals surface area contributed by atoms with Crippen molar-refractivity contribution in [1.82, 2.24) is 5.43 Å². The SMILES string of the molecule is NN[C@@H]1CCCCC1N. The molecule has 54 valence electrons. The highest BCUT2D eigenvalue weighted by molar-refractivity contribution is 4.81. The van der Waals surface area contributed by atoms with E-state index in [-0.39, 0.29) is 6.04 Å². The van der Waals surface area contributed by atoms with Gasteiger partial charge in [0.25, 0.3) is 0 Å². The van der Waals surface area contributed by atoms with E-state index in [4.69, 9.17) is 11.6 Å². The topological polar surface area (TPSA) is 64.1 Å². The molecule has 0 saturated heterocycles. The van der Waals surface area contributed by atoms with Gasteiger partial charge in [0.2, 0.25) is 0 Å². The van der Waals surface area contributed by atoms with Crippen LogP contribution in [0.15, 0.2) is 0 Å². The van der Waals surface area contributed by atoms with Gasteiger partial charge in [-0.15, -0.1) is 0 Å². The standard InChI is InChI=1S/C6H15N3/c7-5-3-1-2-4-6(5)9-8/h5-6,9H,1-4,7-8H2/t5?,6-/m1/s1. The number of nitrogens with two attached hydrogens (primary N) is 2. The molecular weight excluding hydrogens is 114 g/mol. The second kappa shape index (κ2) is 3.15. The Morgan fingerprint density at radius 2 is 1.89 bits per heavy atom. The smallest absolute Gasteiger partial charge is 0.0361 e. The molecule has 1 unspecified atom stereocenters. The molecule has 0 amide bonds. The van der Waals surface area contributed by atoms with Crippen LogP contribution in [-0.4, -0.2) is 12.1 Å². The van der Waals surface area contributed by atoms with Gasteiger partial charge in [-0.25, -0.2) is 0 Å². The van der Waals surface area contributed by atoms with Crippen LogP contribution in [0.3, 0.4) is 0 Å². The van der Waals surface area contributed by atoms with Crippen LogP contribution in [0.2, 0.25) is 0 Å². The average molecular weight is 129 g/mol. The third kappa shape index (κ3) is 1.64. The molecule has 1 aliphatic carbocycles. The van der Waals surface area contributed by atoms with Crippen molar-refractivity contribution in [3.8, 4) is 0 Å². The molecule has 0 spiro atoms. The molecular formula is C6H15N3. The number of hydrogen-bond donors (Lipinski definition) is 3. The van der Waals surface area contributed by atoms with Gasteiger partial charge in [0.05, 0.1) is 0 Å². The van der Waals surface area contributed by atoms with E-state index in [9.17, 15) is 0 Å². The Kier molecular flexibility index (Phi) is 2.45. The fourth-order valence-corrected chi connectivity index (χ4v) is 1.37. The molecule has 3 nitrogen and oxygen atoms in total. The van der Waals surface area contributed by atoms with Crippen LogP contribution in [-0.2, 0) is 0 Å². The van der Waals surface area contributed by atoms with Crippen LogP contribution in [0.4, 0.5) is 0 Å². The highest BCUT2D eigenvalue weighted by Crippen LogP contribution is 2.15. The third-order valence-electron chi connectivity index (χ3n) is 2.03. The first-order chi connectivity index (χ1) is 4.34. The Bertz CT molecular complexity index is 84.4. The summed E-state index contributed by atoms with van der Waals surface area (Å²) in [5, 5.41) is 0. The highest BCUT2D eigenvalue weighted by atomic mass is 15.2. The molecule has 9 heavy (non-hydrogen) atoms. The summed E-state index contributed by atoms with van der Waals surface area (Å²) in [6.45, 7) is 0. The maximum atomic E-state index is 5.75. The van der Waals surface area contributed by atoms with Crippen LogP contribution in [0, 0.1) is 0 Å². The Morgan fingerprint density at radius 3 is 2.33 bits per heavy atom. The van der Waals surface area contributed by atoms with Gasteiger partial charge in [-0.3, -0.25) is 11.3 Å². The van der Waals surface area contributed by atoms with Crippen molar-refractivity contribution in [2.45, 2.75) is 37.8 Å². The lowest BCUT2D eigenvalue weighted by atomic mass is 9.92. The summed E-state index contributed by atoms with van der Waals surface area (Å²) in [7, 11) is 0. The maximum Gasteiger partial charge on any atom is 0.0361 e. The zero-order chi connectivity index (χ0) is 6.69. The summed E-state index contributed by atoms with van der Waals surface area (Å²) in [5.74, 6) is 5.26. The number of hydrogen-bond acceptors (Lipinski definition) is 3. The van der Waals surface area contributed by atoms with Gasteiger partial charge in [0.15, 0.2) is 0 Å². The Hall–Kier alpha value is -0.120. The molecule has 1 fully saturated rings. The Labute approximate surface area is 55.8 Å².